The van der Waals surface area contributed by atoms with Gasteiger partial charge < -0.3 is 4.84 Å². The Balaban J connectivity index is 2.41. The summed E-state index contributed by atoms with van der Waals surface area (Å²) in [5.41, 5.74) is -10.6. The molecule has 0 heterocycles. The molecule has 0 bridgehead atoms. The molecule has 1 N–H and O–H groups in total. The number of benzene rings is 2. The van der Waals surface area contributed by atoms with Gasteiger partial charge in [-0.15, -0.1) is 0 Å². The van der Waals surface area contributed by atoms with Gasteiger partial charge in [0.25, 0.3) is 0 Å². The third-order valence-corrected chi connectivity index (χ3v) is 5.65. The molecule has 2 aromatic rings. The number of rotatable bonds is 7. The van der Waals surface area contributed by atoms with Crippen LogP contribution in [0.5, 0.6) is 0 Å². The van der Waals surface area contributed by atoms with Crippen LogP contribution in [0.2, 0.25) is 5.02 Å². The van der Waals surface area contributed by atoms with E-state index in [1.165, 1.54) is 11.6 Å². The minimum Gasteiger partial charge on any atom is -0.391 e. The highest BCUT2D eigenvalue weighted by Crippen LogP contribution is 2.37. The quantitative estimate of drug-likeness (QED) is 0.227. The van der Waals surface area contributed by atoms with Crippen molar-refractivity contribution in [2.45, 2.75) is 37.8 Å². The average Bonchev–Trinajstić information content (AvgIpc) is 2.70. The van der Waals surface area contributed by atoms with Gasteiger partial charge in [0.2, 0.25) is 0 Å². The van der Waals surface area contributed by atoms with E-state index >= 15 is 0 Å². The zero-order valence-electron chi connectivity index (χ0n) is 17.2. The lowest BCUT2D eigenvalue weighted by Gasteiger charge is -2.16. The molecule has 0 amide bonds. The van der Waals surface area contributed by atoms with Crippen molar-refractivity contribution in [2.75, 3.05) is 4.72 Å². The van der Waals surface area contributed by atoms with Gasteiger partial charge in [0.1, 0.15) is 6.61 Å². The van der Waals surface area contributed by atoms with Crippen LogP contribution in [0.1, 0.15) is 35.6 Å². The number of halogens is 10. The Morgan fingerprint density at radius 3 is 2.11 bits per heavy atom. The highest BCUT2D eigenvalue weighted by molar-refractivity contribution is 7.93. The lowest BCUT2D eigenvalue weighted by molar-refractivity contribution is -0.143. The maximum atomic E-state index is 13.3. The Morgan fingerprint density at radius 2 is 1.60 bits per heavy atom. The van der Waals surface area contributed by atoms with Gasteiger partial charge in [-0.2, -0.15) is 47.9 Å². The first-order chi connectivity index (χ1) is 15.9. The number of nitrogens with zero attached hydrogens (tertiary/aromatic N) is 1. The number of anilines is 1. The summed E-state index contributed by atoms with van der Waals surface area (Å²) in [5, 5.41) is 3.51. The van der Waals surface area contributed by atoms with E-state index in [4.69, 9.17) is 16.4 Å². The number of hydrogen-bond acceptors (Lipinski definition) is 4. The zero-order valence-corrected chi connectivity index (χ0v) is 18.8. The molecule has 0 spiro atoms. The Kier molecular flexibility index (Phi) is 8.26. The predicted octanol–water partition coefficient (Wildman–Crippen LogP) is 6.97. The van der Waals surface area contributed by atoms with Crippen LogP contribution < -0.4 is 4.72 Å². The van der Waals surface area contributed by atoms with Crippen LogP contribution in [-0.2, 0) is 33.8 Å². The Bertz CT molecular complexity index is 1210. The summed E-state index contributed by atoms with van der Waals surface area (Å²) in [6.07, 6.45) is -10.3. The molecule has 35 heavy (non-hydrogen) atoms. The number of hydrogen-bond donors (Lipinski definition) is 1. The average molecular weight is 557 g/mol. The van der Waals surface area contributed by atoms with Gasteiger partial charge in [-0.3, -0.25) is 4.72 Å². The minimum atomic E-state index is -5.84. The molecule has 0 unspecified atom stereocenters. The Hall–Kier alpha value is -2.68. The Labute approximate surface area is 197 Å². The van der Waals surface area contributed by atoms with Gasteiger partial charge in [0.15, 0.2) is 0 Å². The lowest BCUT2D eigenvalue weighted by Crippen LogP contribution is -2.30. The third-order valence-electron chi connectivity index (χ3n) is 4.31. The third kappa shape index (κ3) is 7.16. The summed E-state index contributed by atoms with van der Waals surface area (Å²) >= 11 is 5.82. The van der Waals surface area contributed by atoms with E-state index in [2.05, 4.69) is 5.16 Å². The van der Waals surface area contributed by atoms with Crippen molar-refractivity contribution in [1.82, 2.24) is 0 Å². The first-order valence-electron chi connectivity index (χ1n) is 9.22. The molecule has 0 fully saturated rings. The van der Waals surface area contributed by atoms with E-state index in [-0.39, 0.29) is 28.8 Å². The standard InChI is InChI=1S/C19H14ClF9N2O3S/c1-2-15(13-8-12(20)5-6-16(13)31-35(32,33)19(27,28)29)30-34-9-10-3-4-11(17(21,22)23)7-14(10)18(24,25)26/h3-8,31H,2,9H2,1H3/b30-15+. The summed E-state index contributed by atoms with van der Waals surface area (Å²) in [5.74, 6) is 0. The fraction of sp³-hybridized carbons (Fsp3) is 0.316. The maximum absolute atomic E-state index is 13.3. The summed E-state index contributed by atoms with van der Waals surface area (Å²) in [4.78, 5) is 4.84. The van der Waals surface area contributed by atoms with Crippen LogP contribution in [0.15, 0.2) is 41.6 Å². The minimum absolute atomic E-state index is 0.0433. The van der Waals surface area contributed by atoms with Crippen molar-refractivity contribution in [3.05, 3.63) is 63.7 Å². The first-order valence-corrected chi connectivity index (χ1v) is 11.1. The fourth-order valence-electron chi connectivity index (χ4n) is 2.67. The van der Waals surface area contributed by atoms with E-state index in [0.29, 0.717) is 12.1 Å². The number of oxime groups is 1. The normalized spacial score (nSPS) is 13.6. The predicted molar refractivity (Wildman–Crippen MR) is 108 cm³/mol. The summed E-state index contributed by atoms with van der Waals surface area (Å²) < 4.78 is 141. The van der Waals surface area contributed by atoms with Crippen LogP contribution in [0, 0.1) is 0 Å². The van der Waals surface area contributed by atoms with Gasteiger partial charge in [-0.25, -0.2) is 0 Å². The van der Waals surface area contributed by atoms with Gasteiger partial charge >= 0.3 is 27.9 Å². The molecule has 5 nitrogen and oxygen atoms in total. The fourth-order valence-corrected chi connectivity index (χ4v) is 3.43. The van der Waals surface area contributed by atoms with E-state index < -0.39 is 56.9 Å². The molecule has 0 aliphatic heterocycles. The molecule has 0 aromatic heterocycles. The lowest BCUT2D eigenvalue weighted by atomic mass is 10.0. The largest absolute Gasteiger partial charge is 0.516 e. The highest BCUT2D eigenvalue weighted by atomic mass is 35.5. The van der Waals surface area contributed by atoms with Crippen LogP contribution >= 0.6 is 11.6 Å². The molecule has 16 heteroatoms. The molecular weight excluding hydrogens is 543 g/mol. The molecule has 2 rings (SSSR count). The molecular formula is C19H14ClF9N2O3S. The first kappa shape index (κ1) is 28.6. The smallest absolute Gasteiger partial charge is 0.391 e. The van der Waals surface area contributed by atoms with Gasteiger partial charge in [0.05, 0.1) is 22.5 Å². The number of alkyl halides is 9. The van der Waals surface area contributed by atoms with Crippen molar-refractivity contribution in [3.8, 4) is 0 Å². The molecule has 0 saturated heterocycles. The molecule has 0 radical (unpaired) electrons. The molecule has 0 aliphatic carbocycles. The molecule has 0 saturated carbocycles. The second-order valence-corrected chi connectivity index (χ2v) is 8.88. The van der Waals surface area contributed by atoms with Crippen molar-refractivity contribution < 1.29 is 52.8 Å². The summed E-state index contributed by atoms with van der Waals surface area (Å²) in [6, 6.07) is 3.90. The van der Waals surface area contributed by atoms with Gasteiger partial charge in [0, 0.05) is 16.1 Å². The summed E-state index contributed by atoms with van der Waals surface area (Å²) in [7, 11) is -5.84. The summed E-state index contributed by atoms with van der Waals surface area (Å²) in [6.45, 7) is 0.463. The van der Waals surface area contributed by atoms with E-state index in [1.807, 2.05) is 0 Å². The SMILES string of the molecule is CC/C(=N\OCc1ccc(C(F)(F)F)cc1C(F)(F)F)c1cc(Cl)ccc1NS(=O)(=O)C(F)(F)F. The van der Waals surface area contributed by atoms with Gasteiger partial charge in [-0.1, -0.05) is 29.7 Å². The van der Waals surface area contributed by atoms with E-state index in [1.54, 1.807) is 0 Å². The Morgan fingerprint density at radius 1 is 0.971 bits per heavy atom. The molecule has 0 atom stereocenters. The van der Waals surface area contributed by atoms with Crippen LogP contribution in [0.3, 0.4) is 0 Å². The topological polar surface area (TPSA) is 67.8 Å². The number of nitrogens with one attached hydrogen (secondary N) is 1. The second kappa shape index (κ2) is 10.1. The van der Waals surface area contributed by atoms with Crippen molar-refractivity contribution in [3.63, 3.8) is 0 Å². The molecule has 2 aromatic carbocycles. The van der Waals surface area contributed by atoms with E-state index in [9.17, 15) is 47.9 Å². The zero-order chi connectivity index (χ0) is 26.8. The molecule has 194 valence electrons. The van der Waals surface area contributed by atoms with Gasteiger partial charge in [-0.05, 0) is 36.8 Å². The van der Waals surface area contributed by atoms with Crippen LogP contribution in [-0.4, -0.2) is 19.6 Å². The van der Waals surface area contributed by atoms with E-state index in [0.717, 1.165) is 18.2 Å². The van der Waals surface area contributed by atoms with Crippen molar-refractivity contribution >= 4 is 33.0 Å². The van der Waals surface area contributed by atoms with Crippen molar-refractivity contribution in [1.29, 1.82) is 0 Å². The number of sulfonamides is 1. The molecule has 0 aliphatic rings. The monoisotopic (exact) mass is 556 g/mol. The second-order valence-electron chi connectivity index (χ2n) is 6.77. The van der Waals surface area contributed by atoms with Crippen molar-refractivity contribution in [2.24, 2.45) is 5.16 Å². The van der Waals surface area contributed by atoms with Crippen LogP contribution in [0.25, 0.3) is 0 Å². The highest BCUT2D eigenvalue weighted by Gasteiger charge is 2.46. The maximum Gasteiger partial charge on any atom is 0.516 e. The van der Waals surface area contributed by atoms with Crippen LogP contribution in [0.4, 0.5) is 45.2 Å².